The summed E-state index contributed by atoms with van der Waals surface area (Å²) in [5, 5.41) is 9.85. The number of ether oxygens (including phenoxy) is 3. The number of phosphoric acid groups is 1. The van der Waals surface area contributed by atoms with Gasteiger partial charge in [0, 0.05) is 19.3 Å². The van der Waals surface area contributed by atoms with Crippen molar-refractivity contribution >= 4 is 25.7 Å². The first-order chi connectivity index (χ1) is 38.2. The summed E-state index contributed by atoms with van der Waals surface area (Å²) in [6, 6.07) is 0. The Morgan fingerprint density at radius 3 is 1.06 bits per heavy atom. The highest BCUT2D eigenvalue weighted by molar-refractivity contribution is 7.47. The molecule has 0 spiro atoms. The third kappa shape index (κ3) is 57.6. The van der Waals surface area contributed by atoms with Crippen LogP contribution in [-0.2, 0) is 42.2 Å². The maximum atomic E-state index is 12.9. The van der Waals surface area contributed by atoms with Gasteiger partial charge in [-0.1, -0.05) is 235 Å². The van der Waals surface area contributed by atoms with Gasteiger partial charge in [-0.15, -0.1) is 0 Å². The Bertz CT molecular complexity index is 1590. The van der Waals surface area contributed by atoms with Crippen molar-refractivity contribution in [3.05, 3.63) is 72.9 Å². The standard InChI is InChI=1S/C66H117O11P/c1-4-7-10-13-16-19-22-25-28-31-34-37-40-43-46-49-52-55-64(68)73-59-63(77-66(70)57-54-51-48-45-42-39-36-33-30-27-24-21-18-15-12-9-6-3)61-75-78(71,72)74-60-62(58-67)76-65(69)56-53-50-47-44-41-38-35-32-29-26-23-20-17-14-11-8-5-2/h7,10,16,18-19,21,25-30,62-63,67H,4-6,8-9,11-15,17,20,22-24,31-61H2,1-3H3,(H,71,72)/b10-7-,19-16-,21-18-,28-25-,29-26-,30-27-. The monoisotopic (exact) mass is 1120 g/mol. The summed E-state index contributed by atoms with van der Waals surface area (Å²) in [6.45, 7) is 4.52. The molecule has 0 aromatic rings. The van der Waals surface area contributed by atoms with Crippen molar-refractivity contribution in [2.24, 2.45) is 0 Å². The number of esters is 3. The van der Waals surface area contributed by atoms with Crippen LogP contribution in [0.2, 0.25) is 0 Å². The summed E-state index contributed by atoms with van der Waals surface area (Å²) in [7, 11) is -4.76. The molecule has 78 heavy (non-hydrogen) atoms. The van der Waals surface area contributed by atoms with Gasteiger partial charge in [-0.05, 0) is 109 Å². The number of unbranched alkanes of at least 4 members (excludes halogenated alkanes) is 30. The largest absolute Gasteiger partial charge is 0.472 e. The molecule has 0 radical (unpaired) electrons. The van der Waals surface area contributed by atoms with Crippen molar-refractivity contribution in [1.29, 1.82) is 0 Å². The molecule has 11 nitrogen and oxygen atoms in total. The minimum Gasteiger partial charge on any atom is -0.462 e. The Morgan fingerprint density at radius 1 is 0.372 bits per heavy atom. The van der Waals surface area contributed by atoms with Crippen LogP contribution >= 0.6 is 7.82 Å². The number of hydrogen-bond donors (Lipinski definition) is 2. The third-order valence-electron chi connectivity index (χ3n) is 13.6. The number of phosphoric ester groups is 1. The average molecular weight is 1120 g/mol. The topological polar surface area (TPSA) is 155 Å². The second kappa shape index (κ2) is 60.0. The van der Waals surface area contributed by atoms with Gasteiger partial charge in [0.05, 0.1) is 19.8 Å². The van der Waals surface area contributed by atoms with Crippen LogP contribution in [0, 0.1) is 0 Å². The molecule has 0 saturated carbocycles. The molecule has 0 bridgehead atoms. The highest BCUT2D eigenvalue weighted by atomic mass is 31.2. The van der Waals surface area contributed by atoms with Crippen molar-refractivity contribution in [1.82, 2.24) is 0 Å². The Morgan fingerprint density at radius 2 is 0.667 bits per heavy atom. The van der Waals surface area contributed by atoms with Crippen LogP contribution in [0.1, 0.15) is 290 Å². The molecule has 0 aliphatic heterocycles. The SMILES string of the molecule is CC/C=C\C/C=C\C/C=C\CCCCCCCCCC(=O)OCC(COP(=O)(O)OCC(CO)OC(=O)CCCCCCCCC/C=C\CCCCCCCC)OC(=O)CCCCCCCCC/C=C\C/C=C\CCCCC. The fourth-order valence-electron chi connectivity index (χ4n) is 8.75. The molecular formula is C66H117O11P. The van der Waals surface area contributed by atoms with E-state index < -0.39 is 57.8 Å². The maximum Gasteiger partial charge on any atom is 0.472 e. The van der Waals surface area contributed by atoms with Gasteiger partial charge in [-0.2, -0.15) is 0 Å². The van der Waals surface area contributed by atoms with Crippen molar-refractivity contribution < 1.29 is 52.2 Å². The molecule has 0 heterocycles. The summed E-state index contributed by atoms with van der Waals surface area (Å²) in [5.74, 6) is -1.48. The van der Waals surface area contributed by atoms with Crippen LogP contribution in [-0.4, -0.2) is 66.5 Å². The van der Waals surface area contributed by atoms with Gasteiger partial charge in [-0.25, -0.2) is 4.57 Å². The zero-order valence-electron chi connectivity index (χ0n) is 50.1. The van der Waals surface area contributed by atoms with E-state index in [1.807, 2.05) is 0 Å². The molecular weight excluding hydrogens is 1000 g/mol. The Labute approximate surface area is 478 Å². The fourth-order valence-corrected chi connectivity index (χ4v) is 9.53. The van der Waals surface area contributed by atoms with E-state index in [1.165, 1.54) is 116 Å². The van der Waals surface area contributed by atoms with Crippen LogP contribution in [0.15, 0.2) is 72.9 Å². The molecule has 0 fully saturated rings. The second-order valence-corrected chi connectivity index (χ2v) is 22.6. The van der Waals surface area contributed by atoms with Crippen molar-refractivity contribution in [3.63, 3.8) is 0 Å². The molecule has 0 saturated heterocycles. The molecule has 0 rings (SSSR count). The fraction of sp³-hybridized carbons (Fsp3) is 0.773. The molecule has 0 amide bonds. The van der Waals surface area contributed by atoms with Crippen LogP contribution < -0.4 is 0 Å². The Balaban J connectivity index is 4.71. The molecule has 0 aliphatic rings. The van der Waals surface area contributed by atoms with E-state index in [2.05, 4.69) is 93.7 Å². The average Bonchev–Trinajstić information content (AvgIpc) is 3.43. The van der Waals surface area contributed by atoms with Crippen LogP contribution in [0.5, 0.6) is 0 Å². The van der Waals surface area contributed by atoms with E-state index in [0.29, 0.717) is 19.3 Å². The normalized spacial score (nSPS) is 13.8. The predicted molar refractivity (Wildman–Crippen MR) is 325 cm³/mol. The van der Waals surface area contributed by atoms with E-state index in [4.69, 9.17) is 23.3 Å². The number of hydrogen-bond acceptors (Lipinski definition) is 10. The summed E-state index contributed by atoms with van der Waals surface area (Å²) in [6.07, 6.45) is 68.4. The summed E-state index contributed by atoms with van der Waals surface area (Å²) < 4.78 is 39.7. The lowest BCUT2D eigenvalue weighted by Crippen LogP contribution is -2.30. The van der Waals surface area contributed by atoms with E-state index in [1.54, 1.807) is 0 Å². The van der Waals surface area contributed by atoms with Gasteiger partial charge in [0.2, 0.25) is 0 Å². The lowest BCUT2D eigenvalue weighted by Gasteiger charge is -2.21. The summed E-state index contributed by atoms with van der Waals surface area (Å²) in [5.41, 5.74) is 0. The smallest absolute Gasteiger partial charge is 0.462 e. The molecule has 0 aromatic heterocycles. The lowest BCUT2D eigenvalue weighted by molar-refractivity contribution is -0.161. The molecule has 2 N–H and O–H groups in total. The molecule has 452 valence electrons. The van der Waals surface area contributed by atoms with Crippen molar-refractivity contribution in [2.45, 2.75) is 303 Å². The summed E-state index contributed by atoms with van der Waals surface area (Å²) in [4.78, 5) is 48.7. The van der Waals surface area contributed by atoms with Gasteiger partial charge >= 0.3 is 25.7 Å². The highest BCUT2D eigenvalue weighted by Gasteiger charge is 2.28. The number of aliphatic hydroxyl groups excluding tert-OH is 1. The third-order valence-corrected chi connectivity index (χ3v) is 14.5. The maximum absolute atomic E-state index is 12.9. The van der Waals surface area contributed by atoms with E-state index in [-0.39, 0.29) is 25.9 Å². The van der Waals surface area contributed by atoms with E-state index in [0.717, 1.165) is 116 Å². The summed E-state index contributed by atoms with van der Waals surface area (Å²) >= 11 is 0. The van der Waals surface area contributed by atoms with Gasteiger partial charge in [0.15, 0.2) is 6.10 Å². The Hall–Kier alpha value is -3.08. The van der Waals surface area contributed by atoms with E-state index in [9.17, 15) is 28.9 Å². The zero-order chi connectivity index (χ0) is 56.9. The van der Waals surface area contributed by atoms with Crippen LogP contribution in [0.25, 0.3) is 0 Å². The van der Waals surface area contributed by atoms with Gasteiger partial charge in [-0.3, -0.25) is 23.4 Å². The molecule has 3 atom stereocenters. The van der Waals surface area contributed by atoms with Gasteiger partial charge in [0.1, 0.15) is 12.7 Å². The first-order valence-corrected chi connectivity index (χ1v) is 33.3. The molecule has 3 unspecified atom stereocenters. The molecule has 0 aromatic carbocycles. The van der Waals surface area contributed by atoms with Crippen molar-refractivity contribution in [3.8, 4) is 0 Å². The predicted octanol–water partition coefficient (Wildman–Crippen LogP) is 19.3. The number of aliphatic hydroxyl groups is 1. The minimum atomic E-state index is -4.76. The number of carbonyl (C=O) groups is 3. The Kier molecular flexibility index (Phi) is 57.7. The quantitative estimate of drug-likeness (QED) is 0.0197. The van der Waals surface area contributed by atoms with E-state index >= 15 is 0 Å². The first kappa shape index (κ1) is 74.9. The number of carbonyl (C=O) groups excluding carboxylic acids is 3. The second-order valence-electron chi connectivity index (χ2n) is 21.2. The first-order valence-electron chi connectivity index (χ1n) is 31.8. The molecule has 12 heteroatoms. The number of rotatable bonds is 59. The zero-order valence-corrected chi connectivity index (χ0v) is 51.0. The van der Waals surface area contributed by atoms with Crippen LogP contribution in [0.4, 0.5) is 0 Å². The van der Waals surface area contributed by atoms with Gasteiger partial charge < -0.3 is 24.2 Å². The highest BCUT2D eigenvalue weighted by Crippen LogP contribution is 2.43. The lowest BCUT2D eigenvalue weighted by atomic mass is 10.1. The minimum absolute atomic E-state index is 0.155. The van der Waals surface area contributed by atoms with Crippen molar-refractivity contribution in [2.75, 3.05) is 26.4 Å². The molecule has 0 aliphatic carbocycles. The van der Waals surface area contributed by atoms with Crippen LogP contribution in [0.3, 0.4) is 0 Å². The van der Waals surface area contributed by atoms with Gasteiger partial charge in [0.25, 0.3) is 0 Å². The number of allylic oxidation sites excluding steroid dienone is 12.